The fraction of sp³-hybridized carbons (Fsp3) is 0.100. The van der Waals surface area contributed by atoms with Gasteiger partial charge in [-0.2, -0.15) is 5.26 Å². The van der Waals surface area contributed by atoms with Crippen LogP contribution >= 0.6 is 0 Å². The minimum atomic E-state index is -0.826. The molecular weight excluding hydrogens is 418 g/mol. The number of nitrogens with one attached hydrogen (secondary N) is 1. The van der Waals surface area contributed by atoms with E-state index < -0.39 is 26.8 Å². The van der Waals surface area contributed by atoms with Gasteiger partial charge in [0.05, 0.1) is 32.5 Å². The number of hydrogen-bond acceptors (Lipinski definition) is 8. The van der Waals surface area contributed by atoms with Gasteiger partial charge in [0.25, 0.3) is 11.2 Å². The molecule has 2 aromatic carbocycles. The normalized spacial score (nSPS) is 11.3. The molecular formula is C20H13N7O5. The largest absolute Gasteiger partial charge is 0.338 e. The Hall–Kier alpha value is -4.92. The van der Waals surface area contributed by atoms with E-state index in [4.69, 9.17) is 0 Å². The van der Waals surface area contributed by atoms with Gasteiger partial charge in [-0.1, -0.05) is 6.07 Å². The second-order valence-corrected chi connectivity index (χ2v) is 6.98. The minimum Gasteiger partial charge on any atom is -0.338 e. The Morgan fingerprint density at radius 3 is 2.47 bits per heavy atom. The molecule has 0 aliphatic heterocycles. The summed E-state index contributed by atoms with van der Waals surface area (Å²) in [6.45, 7) is 3.41. The van der Waals surface area contributed by atoms with Crippen LogP contribution in [0.3, 0.4) is 0 Å². The molecule has 4 aromatic rings. The summed E-state index contributed by atoms with van der Waals surface area (Å²) in [5.74, 6) is 0. The molecule has 1 N–H and O–H groups in total. The van der Waals surface area contributed by atoms with E-state index in [2.05, 4.69) is 21.3 Å². The molecule has 0 aliphatic carbocycles. The number of hydrogen-bond donors (Lipinski definition) is 1. The van der Waals surface area contributed by atoms with Gasteiger partial charge in [0, 0.05) is 11.6 Å². The first kappa shape index (κ1) is 20.4. The van der Waals surface area contributed by atoms with Gasteiger partial charge < -0.3 is 4.98 Å². The molecule has 0 unspecified atom stereocenters. The molecule has 0 saturated heterocycles. The number of H-pyrrole nitrogens is 1. The van der Waals surface area contributed by atoms with E-state index in [0.717, 1.165) is 23.8 Å². The van der Waals surface area contributed by atoms with E-state index >= 15 is 0 Å². The average Bonchev–Trinajstić information content (AvgIpc) is 3.12. The topological polar surface area (TPSA) is 172 Å². The Kier molecular flexibility index (Phi) is 4.71. The highest BCUT2D eigenvalue weighted by Crippen LogP contribution is 2.33. The highest BCUT2D eigenvalue weighted by molar-refractivity contribution is 5.84. The predicted molar refractivity (Wildman–Crippen MR) is 114 cm³/mol. The van der Waals surface area contributed by atoms with Crippen LogP contribution in [0.1, 0.15) is 16.7 Å². The van der Waals surface area contributed by atoms with Crippen LogP contribution < -0.4 is 5.56 Å². The smallest absolute Gasteiger partial charge is 0.303 e. The van der Waals surface area contributed by atoms with E-state index in [0.29, 0.717) is 16.7 Å². The first-order chi connectivity index (χ1) is 15.2. The number of benzene rings is 2. The van der Waals surface area contributed by atoms with Crippen LogP contribution in [0.5, 0.6) is 0 Å². The number of non-ortho nitro benzene ring substituents is 1. The molecule has 12 heteroatoms. The van der Waals surface area contributed by atoms with Crippen molar-refractivity contribution in [2.24, 2.45) is 10.2 Å². The summed E-state index contributed by atoms with van der Waals surface area (Å²) in [5.41, 5.74) is 0.737. The summed E-state index contributed by atoms with van der Waals surface area (Å²) in [6, 6.07) is 10.3. The molecule has 0 spiro atoms. The lowest BCUT2D eigenvalue weighted by Gasteiger charge is -2.04. The van der Waals surface area contributed by atoms with Gasteiger partial charge in [-0.05, 0) is 37.6 Å². The number of imidazole rings is 1. The number of nitro benzene ring substituents is 2. The van der Waals surface area contributed by atoms with E-state index in [1.165, 1.54) is 11.3 Å². The number of rotatable bonds is 4. The van der Waals surface area contributed by atoms with Crippen molar-refractivity contribution < 1.29 is 9.85 Å². The van der Waals surface area contributed by atoms with Crippen molar-refractivity contribution in [3.8, 4) is 6.07 Å². The van der Waals surface area contributed by atoms with Gasteiger partial charge in [0.15, 0.2) is 11.4 Å². The molecule has 12 nitrogen and oxygen atoms in total. The van der Waals surface area contributed by atoms with E-state index in [9.17, 15) is 30.3 Å². The molecule has 32 heavy (non-hydrogen) atoms. The molecule has 0 bridgehead atoms. The number of nitro groups is 2. The summed E-state index contributed by atoms with van der Waals surface area (Å²) in [5, 5.41) is 39.6. The third-order valence-electron chi connectivity index (χ3n) is 4.98. The number of aromatic amines is 1. The first-order valence-electron chi connectivity index (χ1n) is 9.15. The predicted octanol–water partition coefficient (Wildman–Crippen LogP) is 4.50. The van der Waals surface area contributed by atoms with E-state index in [1.54, 1.807) is 6.07 Å². The van der Waals surface area contributed by atoms with Gasteiger partial charge in [-0.3, -0.25) is 29.4 Å². The van der Waals surface area contributed by atoms with Crippen molar-refractivity contribution in [1.29, 1.82) is 5.26 Å². The monoisotopic (exact) mass is 431 g/mol. The van der Waals surface area contributed by atoms with Crippen LogP contribution in [0, 0.1) is 45.4 Å². The first-order valence-corrected chi connectivity index (χ1v) is 9.15. The lowest BCUT2D eigenvalue weighted by molar-refractivity contribution is -0.393. The van der Waals surface area contributed by atoms with Crippen molar-refractivity contribution in [3.63, 3.8) is 0 Å². The highest BCUT2D eigenvalue weighted by Gasteiger charge is 2.21. The van der Waals surface area contributed by atoms with Crippen LogP contribution in [0.15, 0.2) is 51.4 Å². The minimum absolute atomic E-state index is 0.172. The number of aromatic nitrogens is 2. The molecule has 0 amide bonds. The zero-order valence-corrected chi connectivity index (χ0v) is 16.7. The Balaban J connectivity index is 1.96. The summed E-state index contributed by atoms with van der Waals surface area (Å²) < 4.78 is 1.30. The number of nitriles is 1. The number of nitrogens with zero attached hydrogens (tertiary/aromatic N) is 6. The van der Waals surface area contributed by atoms with Crippen molar-refractivity contribution in [2.45, 2.75) is 13.8 Å². The zero-order valence-electron chi connectivity index (χ0n) is 16.7. The molecule has 0 atom stereocenters. The Bertz CT molecular complexity index is 1590. The van der Waals surface area contributed by atoms with E-state index in [1.807, 2.05) is 19.1 Å². The summed E-state index contributed by atoms with van der Waals surface area (Å²) in [6.07, 6.45) is 0. The van der Waals surface area contributed by atoms with Crippen molar-refractivity contribution in [2.75, 3.05) is 0 Å². The average molecular weight is 431 g/mol. The molecule has 2 aromatic heterocycles. The van der Waals surface area contributed by atoms with Crippen LogP contribution in [-0.4, -0.2) is 19.2 Å². The molecule has 158 valence electrons. The van der Waals surface area contributed by atoms with Crippen LogP contribution in [0.2, 0.25) is 0 Å². The summed E-state index contributed by atoms with van der Waals surface area (Å²) in [7, 11) is 0. The lowest BCUT2D eigenvalue weighted by Crippen LogP contribution is -2.14. The Morgan fingerprint density at radius 1 is 1.06 bits per heavy atom. The Morgan fingerprint density at radius 2 is 1.81 bits per heavy atom. The van der Waals surface area contributed by atoms with Crippen molar-refractivity contribution >= 4 is 39.4 Å². The molecule has 0 radical (unpaired) electrons. The third-order valence-corrected chi connectivity index (χ3v) is 4.98. The molecule has 0 fully saturated rings. The van der Waals surface area contributed by atoms with Crippen LogP contribution in [0.4, 0.5) is 22.7 Å². The van der Waals surface area contributed by atoms with Crippen LogP contribution in [-0.2, 0) is 0 Å². The summed E-state index contributed by atoms with van der Waals surface area (Å²) >= 11 is 0. The maximum absolute atomic E-state index is 13.2. The maximum Gasteiger partial charge on any atom is 0.303 e. The summed E-state index contributed by atoms with van der Waals surface area (Å²) in [4.78, 5) is 36.9. The number of pyridine rings is 1. The quantitative estimate of drug-likeness (QED) is 0.283. The second kappa shape index (κ2) is 7.40. The van der Waals surface area contributed by atoms with Crippen molar-refractivity contribution in [1.82, 2.24) is 9.38 Å². The van der Waals surface area contributed by atoms with Crippen molar-refractivity contribution in [3.05, 3.63) is 83.7 Å². The molecule has 0 saturated carbocycles. The van der Waals surface area contributed by atoms with E-state index in [-0.39, 0.29) is 22.5 Å². The zero-order chi connectivity index (χ0) is 23.2. The van der Waals surface area contributed by atoms with Gasteiger partial charge in [-0.15, -0.1) is 10.2 Å². The van der Waals surface area contributed by atoms with Gasteiger partial charge >= 0.3 is 5.69 Å². The number of aryl methyl sites for hydroxylation is 1. The lowest BCUT2D eigenvalue weighted by atomic mass is 10.1. The van der Waals surface area contributed by atoms with Gasteiger partial charge in [0.1, 0.15) is 11.7 Å². The fourth-order valence-electron chi connectivity index (χ4n) is 3.41. The second-order valence-electron chi connectivity index (χ2n) is 6.98. The fourth-order valence-corrected chi connectivity index (χ4v) is 3.41. The third kappa shape index (κ3) is 3.14. The Labute approximate surface area is 178 Å². The van der Waals surface area contributed by atoms with Crippen LogP contribution in [0.25, 0.3) is 16.7 Å². The molecule has 0 aliphatic rings. The maximum atomic E-state index is 13.2. The SMILES string of the molecule is Cc1ccc2c(c1)[nH]c1c(C#N)c(C)c(N=Nc3ccc([N+](=O)[O-])cc3[N+](=O)[O-])c(=O)n12. The van der Waals surface area contributed by atoms with Gasteiger partial charge in [-0.25, -0.2) is 0 Å². The number of fused-ring (bicyclic) bond motifs is 3. The highest BCUT2D eigenvalue weighted by atomic mass is 16.6. The molecule has 4 rings (SSSR count). The number of azo groups is 1. The molecule has 2 heterocycles. The van der Waals surface area contributed by atoms with Gasteiger partial charge in [0.2, 0.25) is 0 Å². The standard InChI is InChI=1S/C20H13N7O5/c1-10-3-6-16-15(7-10)22-19-13(9-21)11(2)18(20(28)25(16)19)24-23-14-5-4-12(26(29)30)8-17(14)27(31)32/h3-8,22H,1-2H3.